The Balaban J connectivity index is 2.15. The minimum Gasteiger partial charge on any atom is -0.275 e. The summed E-state index contributed by atoms with van der Waals surface area (Å²) < 4.78 is 0. The number of hydrogen-bond acceptors (Lipinski definition) is 3. The zero-order valence-corrected chi connectivity index (χ0v) is 10.4. The number of carbonyl (C=O) groups excluding carboxylic acids is 3. The zero-order valence-electron chi connectivity index (χ0n) is 8.87. The molecule has 0 bridgehead atoms. The number of amides is 4. The average molecular weight is 288 g/mol. The van der Waals surface area contributed by atoms with Crippen LogP contribution in [0.25, 0.3) is 0 Å². The Bertz CT molecular complexity index is 547. The molecule has 4 amide bonds. The molecule has 0 unspecified atom stereocenters. The summed E-state index contributed by atoms with van der Waals surface area (Å²) in [5.41, 5.74) is 2.38. The summed E-state index contributed by atoms with van der Waals surface area (Å²) in [4.78, 5) is 34.0. The molecule has 2 rings (SSSR count). The van der Waals surface area contributed by atoms with Crippen LogP contribution in [0.3, 0.4) is 0 Å². The van der Waals surface area contributed by atoms with Crippen molar-refractivity contribution in [3.05, 3.63) is 33.8 Å². The van der Waals surface area contributed by atoms with E-state index in [1.807, 2.05) is 5.32 Å². The number of imide groups is 1. The van der Waals surface area contributed by atoms with E-state index < -0.39 is 17.8 Å². The van der Waals surface area contributed by atoms with Gasteiger partial charge in [-0.05, 0) is 12.1 Å². The third kappa shape index (κ3) is 2.39. The van der Waals surface area contributed by atoms with Gasteiger partial charge in [-0.1, -0.05) is 29.3 Å². The molecular formula is C10H7Cl2N3O3. The molecule has 94 valence electrons. The van der Waals surface area contributed by atoms with Gasteiger partial charge in [-0.3, -0.25) is 20.3 Å². The Kier molecular flexibility index (Phi) is 3.40. The fraction of sp³-hybridized carbons (Fsp3) is 0.100. The van der Waals surface area contributed by atoms with Crippen molar-refractivity contribution in [1.29, 1.82) is 0 Å². The molecule has 1 aliphatic rings. The third-order valence-corrected chi connectivity index (χ3v) is 3.04. The van der Waals surface area contributed by atoms with Gasteiger partial charge in [0.05, 0.1) is 15.6 Å². The normalized spacial score (nSPS) is 14.7. The molecule has 18 heavy (non-hydrogen) atoms. The van der Waals surface area contributed by atoms with Crippen LogP contribution in [-0.2, 0) is 4.79 Å². The predicted octanol–water partition coefficient (Wildman–Crippen LogP) is 1.19. The number of halogens is 2. The first-order valence-corrected chi connectivity index (χ1v) is 5.61. The summed E-state index contributed by atoms with van der Waals surface area (Å²) >= 11 is 11.6. The first kappa shape index (κ1) is 12.7. The second-order valence-electron chi connectivity index (χ2n) is 3.48. The van der Waals surface area contributed by atoms with Gasteiger partial charge in [0.2, 0.25) is 5.91 Å². The molecule has 6 nitrogen and oxygen atoms in total. The SMILES string of the molecule is O=C1CN(NC(=O)c2cccc(Cl)c2Cl)C(=O)N1. The van der Waals surface area contributed by atoms with Crippen LogP contribution in [0.15, 0.2) is 18.2 Å². The number of hydrogen-bond donors (Lipinski definition) is 2. The molecule has 0 radical (unpaired) electrons. The van der Waals surface area contributed by atoms with E-state index >= 15 is 0 Å². The fourth-order valence-corrected chi connectivity index (χ4v) is 1.78. The maximum Gasteiger partial charge on any atom is 0.343 e. The summed E-state index contributed by atoms with van der Waals surface area (Å²) in [5, 5.41) is 3.20. The Morgan fingerprint density at radius 3 is 2.67 bits per heavy atom. The van der Waals surface area contributed by atoms with Crippen LogP contribution in [0.2, 0.25) is 10.0 Å². The van der Waals surface area contributed by atoms with Gasteiger partial charge in [0.15, 0.2) is 0 Å². The van der Waals surface area contributed by atoms with Crippen LogP contribution in [0.1, 0.15) is 10.4 Å². The number of nitrogens with zero attached hydrogens (tertiary/aromatic N) is 1. The van der Waals surface area contributed by atoms with Gasteiger partial charge in [0.1, 0.15) is 6.54 Å². The number of benzene rings is 1. The second-order valence-corrected chi connectivity index (χ2v) is 4.27. The summed E-state index contributed by atoms with van der Waals surface area (Å²) in [5.74, 6) is -1.11. The van der Waals surface area contributed by atoms with Gasteiger partial charge in [-0.25, -0.2) is 9.80 Å². The van der Waals surface area contributed by atoms with Crippen LogP contribution in [-0.4, -0.2) is 29.4 Å². The van der Waals surface area contributed by atoms with E-state index in [2.05, 4.69) is 5.43 Å². The standard InChI is InChI=1S/C10H7Cl2N3O3/c11-6-3-1-2-5(8(6)12)9(17)14-15-4-7(16)13-10(15)18/h1-3H,4H2,(H,14,17)(H,13,16,18). The van der Waals surface area contributed by atoms with E-state index in [0.717, 1.165) is 5.01 Å². The number of nitrogens with one attached hydrogen (secondary N) is 2. The molecule has 1 aliphatic heterocycles. The van der Waals surface area contributed by atoms with Crippen LogP contribution in [0.4, 0.5) is 4.79 Å². The van der Waals surface area contributed by atoms with Crippen molar-refractivity contribution in [1.82, 2.24) is 15.8 Å². The largest absolute Gasteiger partial charge is 0.343 e. The summed E-state index contributed by atoms with van der Waals surface area (Å²) in [7, 11) is 0. The molecule has 2 N–H and O–H groups in total. The second kappa shape index (κ2) is 4.83. The molecule has 0 spiro atoms. The maximum atomic E-state index is 11.8. The molecule has 1 heterocycles. The van der Waals surface area contributed by atoms with Gasteiger partial charge in [-0.15, -0.1) is 0 Å². The highest BCUT2D eigenvalue weighted by Crippen LogP contribution is 2.25. The summed E-state index contributed by atoms with van der Waals surface area (Å²) in [6.45, 7) is -0.233. The molecular weight excluding hydrogens is 281 g/mol. The van der Waals surface area contributed by atoms with Crippen molar-refractivity contribution in [3.63, 3.8) is 0 Å². The lowest BCUT2D eigenvalue weighted by Crippen LogP contribution is -2.44. The highest BCUT2D eigenvalue weighted by atomic mass is 35.5. The summed E-state index contributed by atoms with van der Waals surface area (Å²) in [6, 6.07) is 3.86. The Morgan fingerprint density at radius 2 is 2.06 bits per heavy atom. The van der Waals surface area contributed by atoms with E-state index in [-0.39, 0.29) is 22.2 Å². The molecule has 0 atom stereocenters. The van der Waals surface area contributed by atoms with E-state index in [4.69, 9.17) is 23.2 Å². The quantitative estimate of drug-likeness (QED) is 0.802. The van der Waals surface area contributed by atoms with Crippen molar-refractivity contribution in [3.8, 4) is 0 Å². The highest BCUT2D eigenvalue weighted by Gasteiger charge is 2.28. The van der Waals surface area contributed by atoms with Gasteiger partial charge in [-0.2, -0.15) is 0 Å². The van der Waals surface area contributed by atoms with Crippen LogP contribution >= 0.6 is 23.2 Å². The van der Waals surface area contributed by atoms with E-state index in [1.54, 1.807) is 6.07 Å². The molecule has 0 aliphatic carbocycles. The minimum absolute atomic E-state index is 0.0857. The highest BCUT2D eigenvalue weighted by molar-refractivity contribution is 6.43. The van der Waals surface area contributed by atoms with Gasteiger partial charge in [0.25, 0.3) is 5.91 Å². The van der Waals surface area contributed by atoms with Crippen LogP contribution in [0, 0.1) is 0 Å². The Morgan fingerprint density at radius 1 is 1.33 bits per heavy atom. The molecule has 1 saturated heterocycles. The predicted molar refractivity (Wildman–Crippen MR) is 64.2 cm³/mol. The lowest BCUT2D eigenvalue weighted by atomic mass is 10.2. The van der Waals surface area contributed by atoms with Gasteiger partial charge in [0, 0.05) is 0 Å². The average Bonchev–Trinajstić information content (AvgIpc) is 2.61. The molecule has 8 heteroatoms. The van der Waals surface area contributed by atoms with Crippen molar-refractivity contribution < 1.29 is 14.4 Å². The number of urea groups is 1. The summed E-state index contributed by atoms with van der Waals surface area (Å²) in [6.07, 6.45) is 0. The Labute approximate surface area is 112 Å². The fourth-order valence-electron chi connectivity index (χ4n) is 1.39. The first-order valence-electron chi connectivity index (χ1n) is 4.85. The van der Waals surface area contributed by atoms with Crippen LogP contribution < -0.4 is 10.7 Å². The van der Waals surface area contributed by atoms with E-state index in [0.29, 0.717) is 0 Å². The topological polar surface area (TPSA) is 78.5 Å². The smallest absolute Gasteiger partial charge is 0.275 e. The number of carbonyl (C=O) groups is 3. The van der Waals surface area contributed by atoms with Gasteiger partial charge < -0.3 is 0 Å². The third-order valence-electron chi connectivity index (χ3n) is 2.23. The number of hydrazine groups is 1. The zero-order chi connectivity index (χ0) is 13.3. The van der Waals surface area contributed by atoms with E-state index in [1.165, 1.54) is 12.1 Å². The molecule has 1 aromatic carbocycles. The minimum atomic E-state index is -0.688. The van der Waals surface area contributed by atoms with Crippen molar-refractivity contribution in [2.75, 3.05) is 6.54 Å². The Hall–Kier alpha value is -1.79. The maximum absolute atomic E-state index is 11.8. The van der Waals surface area contributed by atoms with Crippen molar-refractivity contribution in [2.45, 2.75) is 0 Å². The molecule has 0 saturated carbocycles. The van der Waals surface area contributed by atoms with Crippen molar-refractivity contribution in [2.24, 2.45) is 0 Å². The molecule has 1 aromatic rings. The number of rotatable bonds is 2. The van der Waals surface area contributed by atoms with Crippen LogP contribution in [0.5, 0.6) is 0 Å². The van der Waals surface area contributed by atoms with Crippen molar-refractivity contribution >= 4 is 41.0 Å². The molecule has 0 aromatic heterocycles. The lowest BCUT2D eigenvalue weighted by Gasteiger charge is -2.15. The lowest BCUT2D eigenvalue weighted by molar-refractivity contribution is -0.118. The first-order chi connectivity index (χ1) is 8.49. The van der Waals surface area contributed by atoms with E-state index in [9.17, 15) is 14.4 Å². The molecule has 1 fully saturated rings. The monoisotopic (exact) mass is 287 g/mol. The van der Waals surface area contributed by atoms with Gasteiger partial charge >= 0.3 is 6.03 Å².